The third-order valence-corrected chi connectivity index (χ3v) is 7.19. The van der Waals surface area contributed by atoms with Crippen molar-refractivity contribution in [3.05, 3.63) is 82.1 Å². The molecule has 0 radical (unpaired) electrons. The molecule has 6 rings (SSSR count). The quantitative estimate of drug-likeness (QED) is 0.601. The van der Waals surface area contributed by atoms with Gasteiger partial charge in [-0.05, 0) is 49.9 Å². The summed E-state index contributed by atoms with van der Waals surface area (Å²) in [4.78, 5) is 30.4. The fourth-order valence-electron chi connectivity index (χ4n) is 5.11. The third kappa shape index (κ3) is 2.89. The number of aromatic nitrogens is 2. The molecule has 1 unspecified atom stereocenters. The Morgan fingerprint density at radius 1 is 1.03 bits per heavy atom. The molecule has 162 valence electrons. The maximum Gasteiger partial charge on any atom is 0.273 e. The maximum atomic E-state index is 13.7. The van der Waals surface area contributed by atoms with Crippen LogP contribution in [0.4, 0.5) is 0 Å². The van der Waals surface area contributed by atoms with Gasteiger partial charge in [-0.3, -0.25) is 9.59 Å². The van der Waals surface area contributed by atoms with Crippen LogP contribution in [0, 0.1) is 12.8 Å². The normalized spacial score (nSPS) is 20.4. The van der Waals surface area contributed by atoms with Crippen molar-refractivity contribution in [2.45, 2.75) is 31.8 Å². The SMILES string of the molecule is Cc1nn(-c2ccccc2)c2c1C(C1CC1)N(C1CN(C(=O)c3ccccc3Cl)C1)C2=O. The second-order valence-electron chi connectivity index (χ2n) is 8.93. The van der Waals surface area contributed by atoms with E-state index in [1.165, 1.54) is 0 Å². The van der Waals surface area contributed by atoms with E-state index in [1.54, 1.807) is 21.7 Å². The number of para-hydroxylation sites is 1. The second-order valence-corrected chi connectivity index (χ2v) is 9.34. The number of rotatable bonds is 4. The number of likely N-dealkylation sites (tertiary alicyclic amines) is 1. The number of nitrogens with zero attached hydrogens (tertiary/aromatic N) is 4. The molecular weight excluding hydrogens is 424 g/mol. The summed E-state index contributed by atoms with van der Waals surface area (Å²) in [5, 5.41) is 5.19. The van der Waals surface area contributed by atoms with Gasteiger partial charge in [0.2, 0.25) is 0 Å². The molecule has 3 heterocycles. The van der Waals surface area contributed by atoms with Crippen LogP contribution in [-0.2, 0) is 0 Å². The third-order valence-electron chi connectivity index (χ3n) is 6.86. The summed E-state index contributed by atoms with van der Waals surface area (Å²) in [6.45, 7) is 3.06. The van der Waals surface area contributed by atoms with Crippen LogP contribution in [0.15, 0.2) is 54.6 Å². The predicted molar refractivity (Wildman–Crippen MR) is 121 cm³/mol. The van der Waals surface area contributed by atoms with Gasteiger partial charge in [0.05, 0.1) is 34.1 Å². The van der Waals surface area contributed by atoms with Crippen molar-refractivity contribution in [3.63, 3.8) is 0 Å². The van der Waals surface area contributed by atoms with E-state index in [1.807, 2.05) is 54.3 Å². The van der Waals surface area contributed by atoms with Gasteiger partial charge in [0, 0.05) is 18.7 Å². The van der Waals surface area contributed by atoms with Gasteiger partial charge in [0.15, 0.2) is 0 Å². The van der Waals surface area contributed by atoms with Crippen LogP contribution in [0.1, 0.15) is 51.0 Å². The first kappa shape index (κ1) is 19.6. The van der Waals surface area contributed by atoms with Crippen LogP contribution in [0.2, 0.25) is 5.02 Å². The highest BCUT2D eigenvalue weighted by Crippen LogP contribution is 2.52. The molecule has 2 amide bonds. The first-order chi connectivity index (χ1) is 15.5. The predicted octanol–water partition coefficient (Wildman–Crippen LogP) is 4.27. The Morgan fingerprint density at radius 2 is 1.72 bits per heavy atom. The van der Waals surface area contributed by atoms with E-state index in [2.05, 4.69) is 0 Å². The number of carbonyl (C=O) groups excluding carboxylic acids is 2. The molecule has 6 nitrogen and oxygen atoms in total. The van der Waals surface area contributed by atoms with Crippen molar-refractivity contribution in [1.29, 1.82) is 0 Å². The van der Waals surface area contributed by atoms with Gasteiger partial charge in [-0.1, -0.05) is 41.9 Å². The highest BCUT2D eigenvalue weighted by Gasteiger charge is 2.53. The van der Waals surface area contributed by atoms with Crippen molar-refractivity contribution in [2.24, 2.45) is 5.92 Å². The second kappa shape index (κ2) is 7.20. The van der Waals surface area contributed by atoms with E-state index in [4.69, 9.17) is 16.7 Å². The molecular formula is C25H23ClN4O2. The molecule has 3 aromatic rings. The molecule has 1 saturated heterocycles. The van der Waals surface area contributed by atoms with Crippen molar-refractivity contribution in [3.8, 4) is 5.69 Å². The summed E-state index contributed by atoms with van der Waals surface area (Å²) in [6.07, 6.45) is 2.25. The molecule has 0 spiro atoms. The average Bonchev–Trinajstić information content (AvgIpc) is 3.49. The Labute approximate surface area is 191 Å². The van der Waals surface area contributed by atoms with E-state index >= 15 is 0 Å². The Morgan fingerprint density at radius 3 is 2.41 bits per heavy atom. The minimum absolute atomic E-state index is 0.00978. The zero-order valence-corrected chi connectivity index (χ0v) is 18.5. The largest absolute Gasteiger partial charge is 0.334 e. The Balaban J connectivity index is 1.30. The fraction of sp³-hybridized carbons (Fsp3) is 0.320. The van der Waals surface area contributed by atoms with Gasteiger partial charge in [-0.25, -0.2) is 4.68 Å². The van der Waals surface area contributed by atoms with Crippen LogP contribution in [0.5, 0.6) is 0 Å². The molecule has 32 heavy (non-hydrogen) atoms. The smallest absolute Gasteiger partial charge is 0.273 e. The van der Waals surface area contributed by atoms with Gasteiger partial charge in [0.25, 0.3) is 11.8 Å². The Bertz CT molecular complexity index is 1230. The molecule has 2 aliphatic heterocycles. The van der Waals surface area contributed by atoms with Crippen molar-refractivity contribution < 1.29 is 9.59 Å². The Kier molecular flexibility index (Phi) is 4.40. The first-order valence-corrected chi connectivity index (χ1v) is 11.4. The number of halogens is 1. The lowest BCUT2D eigenvalue weighted by Crippen LogP contribution is -2.62. The van der Waals surface area contributed by atoms with Crippen molar-refractivity contribution >= 4 is 23.4 Å². The van der Waals surface area contributed by atoms with Gasteiger partial charge in [0.1, 0.15) is 5.69 Å². The molecule has 0 N–H and O–H groups in total. The summed E-state index contributed by atoms with van der Waals surface area (Å²) < 4.78 is 1.80. The van der Waals surface area contributed by atoms with Gasteiger partial charge >= 0.3 is 0 Å². The zero-order valence-electron chi connectivity index (χ0n) is 17.7. The summed E-state index contributed by atoms with van der Waals surface area (Å²) in [5.41, 5.74) is 4.07. The molecule has 2 aromatic carbocycles. The topological polar surface area (TPSA) is 58.4 Å². The zero-order chi connectivity index (χ0) is 22.0. The standard InChI is InChI=1S/C25H23ClN4O2/c1-15-21-22(16-11-12-16)29(25(32)23(21)30(27-15)17-7-3-2-4-8-17)18-13-28(14-18)24(31)19-9-5-6-10-20(19)26/h2-10,16,18,22H,11-14H2,1H3. The van der Waals surface area contributed by atoms with Crippen LogP contribution < -0.4 is 0 Å². The van der Waals surface area contributed by atoms with E-state index in [9.17, 15) is 9.59 Å². The summed E-state index contributed by atoms with van der Waals surface area (Å²) in [7, 11) is 0. The highest BCUT2D eigenvalue weighted by molar-refractivity contribution is 6.33. The monoisotopic (exact) mass is 446 g/mol. The van der Waals surface area contributed by atoms with Gasteiger partial charge in [-0.2, -0.15) is 5.10 Å². The summed E-state index contributed by atoms with van der Waals surface area (Å²) in [6, 6.07) is 17.0. The molecule has 1 saturated carbocycles. The minimum atomic E-state index is -0.0781. The lowest BCUT2D eigenvalue weighted by Gasteiger charge is -2.46. The lowest BCUT2D eigenvalue weighted by atomic mass is 9.99. The van der Waals surface area contributed by atoms with Crippen LogP contribution >= 0.6 is 11.6 Å². The van der Waals surface area contributed by atoms with Crippen LogP contribution in [0.3, 0.4) is 0 Å². The molecule has 0 bridgehead atoms. The minimum Gasteiger partial charge on any atom is -0.334 e. The van der Waals surface area contributed by atoms with Crippen molar-refractivity contribution in [2.75, 3.05) is 13.1 Å². The summed E-state index contributed by atoms with van der Waals surface area (Å²) in [5.74, 6) is 0.419. The molecule has 7 heteroatoms. The number of fused-ring (bicyclic) bond motifs is 1. The van der Waals surface area contributed by atoms with Crippen molar-refractivity contribution in [1.82, 2.24) is 19.6 Å². The van der Waals surface area contributed by atoms with Gasteiger partial charge < -0.3 is 9.80 Å². The molecule has 1 aromatic heterocycles. The van der Waals surface area contributed by atoms with Gasteiger partial charge in [-0.15, -0.1) is 0 Å². The number of benzene rings is 2. The number of amides is 2. The molecule has 1 atom stereocenters. The fourth-order valence-corrected chi connectivity index (χ4v) is 5.33. The lowest BCUT2D eigenvalue weighted by molar-refractivity contribution is 0.0115. The van der Waals surface area contributed by atoms with E-state index in [-0.39, 0.29) is 23.9 Å². The van der Waals surface area contributed by atoms with Crippen LogP contribution in [-0.4, -0.2) is 50.5 Å². The van der Waals surface area contributed by atoms with E-state index < -0.39 is 0 Å². The summed E-state index contributed by atoms with van der Waals surface area (Å²) >= 11 is 6.22. The van der Waals surface area contributed by atoms with E-state index in [0.29, 0.717) is 35.3 Å². The van der Waals surface area contributed by atoms with Crippen LogP contribution in [0.25, 0.3) is 5.69 Å². The Hall–Kier alpha value is -3.12. The first-order valence-electron chi connectivity index (χ1n) is 11.1. The number of carbonyl (C=O) groups is 2. The van der Waals surface area contributed by atoms with E-state index in [0.717, 1.165) is 29.8 Å². The highest BCUT2D eigenvalue weighted by atomic mass is 35.5. The average molecular weight is 447 g/mol. The number of hydrogen-bond acceptors (Lipinski definition) is 3. The molecule has 1 aliphatic carbocycles. The number of aryl methyl sites for hydroxylation is 1. The molecule has 3 aliphatic rings. The number of hydrogen-bond donors (Lipinski definition) is 0. The maximum absolute atomic E-state index is 13.7. The molecule has 2 fully saturated rings.